The first-order valence-electron chi connectivity index (χ1n) is 4.83. The Balaban J connectivity index is 2.66. The molecule has 0 aliphatic heterocycles. The summed E-state index contributed by atoms with van der Waals surface area (Å²) < 4.78 is 25.8. The van der Waals surface area contributed by atoms with Crippen LogP contribution in [0.1, 0.15) is 17.3 Å². The van der Waals surface area contributed by atoms with E-state index in [-0.39, 0.29) is 11.5 Å². The summed E-state index contributed by atoms with van der Waals surface area (Å²) in [6, 6.07) is 2.90. The monoisotopic (exact) mass is 291 g/mol. The summed E-state index contributed by atoms with van der Waals surface area (Å²) >= 11 is 3.27. The maximum Gasteiger partial charge on any atom is 0.254 e. The number of hydrogen-bond acceptors (Lipinski definition) is 1. The fourth-order valence-corrected chi connectivity index (χ4v) is 1.32. The molecule has 0 aliphatic rings. The molecule has 1 unspecified atom stereocenters. The lowest BCUT2D eigenvalue weighted by molar-refractivity contribution is 0.0945. The minimum atomic E-state index is -0.844. The van der Waals surface area contributed by atoms with E-state index in [1.807, 2.05) is 6.92 Å². The van der Waals surface area contributed by atoms with Crippen LogP contribution < -0.4 is 5.32 Å². The molecule has 0 fully saturated rings. The highest BCUT2D eigenvalue weighted by atomic mass is 79.9. The first-order valence-corrected chi connectivity index (χ1v) is 5.96. The van der Waals surface area contributed by atoms with Crippen molar-refractivity contribution in [1.29, 1.82) is 0 Å². The zero-order valence-electron chi connectivity index (χ0n) is 8.77. The van der Waals surface area contributed by atoms with Crippen LogP contribution >= 0.6 is 15.9 Å². The Morgan fingerprint density at radius 3 is 2.75 bits per heavy atom. The van der Waals surface area contributed by atoms with Crippen molar-refractivity contribution >= 4 is 21.8 Å². The molecule has 1 atom stereocenters. The van der Waals surface area contributed by atoms with Gasteiger partial charge in [0.05, 0.1) is 5.56 Å². The summed E-state index contributed by atoms with van der Waals surface area (Å²) in [5.74, 6) is -1.80. The summed E-state index contributed by atoms with van der Waals surface area (Å²) in [5, 5.41) is 3.33. The maximum atomic E-state index is 13.2. The number of amides is 1. The fraction of sp³-hybridized carbons (Fsp3) is 0.364. The average Bonchev–Trinajstić information content (AvgIpc) is 2.25. The van der Waals surface area contributed by atoms with Crippen molar-refractivity contribution in [3.8, 4) is 0 Å². The van der Waals surface area contributed by atoms with E-state index in [1.54, 1.807) is 0 Å². The van der Waals surface area contributed by atoms with E-state index in [0.29, 0.717) is 12.6 Å². The second kappa shape index (κ2) is 5.94. The molecular weight excluding hydrogens is 280 g/mol. The van der Waals surface area contributed by atoms with Gasteiger partial charge in [-0.15, -0.1) is 0 Å². The lowest BCUT2D eigenvalue weighted by Crippen LogP contribution is -2.29. The summed E-state index contributed by atoms with van der Waals surface area (Å²) in [7, 11) is 0. The largest absolute Gasteiger partial charge is 0.352 e. The summed E-state index contributed by atoms with van der Waals surface area (Å²) in [6.45, 7) is 2.39. The van der Waals surface area contributed by atoms with Crippen molar-refractivity contribution < 1.29 is 13.6 Å². The predicted octanol–water partition coefficient (Wildman–Crippen LogP) is 2.73. The van der Waals surface area contributed by atoms with Crippen LogP contribution in [0.25, 0.3) is 0 Å². The van der Waals surface area contributed by atoms with Gasteiger partial charge in [-0.05, 0) is 18.1 Å². The molecule has 0 bridgehead atoms. The molecular formula is C11H12BrF2NO. The number of rotatable bonds is 4. The van der Waals surface area contributed by atoms with E-state index < -0.39 is 17.5 Å². The molecule has 1 amide bonds. The van der Waals surface area contributed by atoms with Crippen molar-refractivity contribution in [3.05, 3.63) is 35.4 Å². The maximum absolute atomic E-state index is 13.2. The second-order valence-corrected chi connectivity index (χ2v) is 4.24. The first-order chi connectivity index (χ1) is 7.54. The number of halogens is 3. The molecule has 1 aromatic carbocycles. The van der Waals surface area contributed by atoms with E-state index in [1.165, 1.54) is 0 Å². The van der Waals surface area contributed by atoms with Gasteiger partial charge in [-0.2, -0.15) is 0 Å². The van der Waals surface area contributed by atoms with Crippen molar-refractivity contribution in [3.63, 3.8) is 0 Å². The summed E-state index contributed by atoms with van der Waals surface area (Å²) in [5.41, 5.74) is -0.136. The Morgan fingerprint density at radius 1 is 1.50 bits per heavy atom. The average molecular weight is 292 g/mol. The highest BCUT2D eigenvalue weighted by Gasteiger charge is 2.12. The zero-order valence-corrected chi connectivity index (χ0v) is 10.4. The highest BCUT2D eigenvalue weighted by Crippen LogP contribution is 2.09. The molecule has 0 aromatic heterocycles. The molecule has 5 heteroatoms. The molecule has 0 saturated heterocycles. The van der Waals surface area contributed by atoms with Gasteiger partial charge >= 0.3 is 0 Å². The minimum Gasteiger partial charge on any atom is -0.352 e. The van der Waals surface area contributed by atoms with Gasteiger partial charge in [-0.3, -0.25) is 4.79 Å². The minimum absolute atomic E-state index is 0.136. The topological polar surface area (TPSA) is 29.1 Å². The number of carbonyl (C=O) groups excluding carboxylic acids is 1. The van der Waals surface area contributed by atoms with Gasteiger partial charge in [0.2, 0.25) is 0 Å². The fourth-order valence-electron chi connectivity index (χ4n) is 1.09. The molecule has 0 spiro atoms. The van der Waals surface area contributed by atoms with E-state index in [9.17, 15) is 13.6 Å². The lowest BCUT2D eigenvalue weighted by Gasteiger charge is -2.09. The van der Waals surface area contributed by atoms with Crippen molar-refractivity contribution in [2.24, 2.45) is 5.92 Å². The van der Waals surface area contributed by atoms with Crippen LogP contribution in [0, 0.1) is 17.6 Å². The van der Waals surface area contributed by atoms with Crippen LogP contribution in [0.3, 0.4) is 0 Å². The molecule has 16 heavy (non-hydrogen) atoms. The molecule has 1 aromatic rings. The zero-order chi connectivity index (χ0) is 12.1. The van der Waals surface area contributed by atoms with Gasteiger partial charge in [0.15, 0.2) is 0 Å². The highest BCUT2D eigenvalue weighted by molar-refractivity contribution is 9.09. The van der Waals surface area contributed by atoms with E-state index >= 15 is 0 Å². The molecule has 0 heterocycles. The molecule has 1 N–H and O–H groups in total. The van der Waals surface area contributed by atoms with Crippen LogP contribution in [0.5, 0.6) is 0 Å². The van der Waals surface area contributed by atoms with Gasteiger partial charge in [0.1, 0.15) is 11.6 Å². The SMILES string of the molecule is CC(CBr)CNC(=O)c1ccc(F)cc1F. The third-order valence-corrected chi connectivity index (χ3v) is 3.16. The number of nitrogens with one attached hydrogen (secondary N) is 1. The van der Waals surface area contributed by atoms with Gasteiger partial charge in [-0.25, -0.2) is 8.78 Å². The molecule has 88 valence electrons. The number of hydrogen-bond donors (Lipinski definition) is 1. The van der Waals surface area contributed by atoms with Crippen molar-refractivity contribution in [2.45, 2.75) is 6.92 Å². The Bertz CT molecular complexity index is 384. The quantitative estimate of drug-likeness (QED) is 0.849. The molecule has 0 saturated carbocycles. The Hall–Kier alpha value is -0.970. The normalized spacial score (nSPS) is 12.2. The first kappa shape index (κ1) is 13.1. The second-order valence-electron chi connectivity index (χ2n) is 3.59. The van der Waals surface area contributed by atoms with Gasteiger partial charge in [0, 0.05) is 17.9 Å². The Morgan fingerprint density at radius 2 is 2.19 bits per heavy atom. The number of alkyl halides is 1. The predicted molar refractivity (Wildman–Crippen MR) is 61.6 cm³/mol. The van der Waals surface area contributed by atoms with Crippen LogP contribution in [-0.4, -0.2) is 17.8 Å². The van der Waals surface area contributed by atoms with Crippen LogP contribution in [0.4, 0.5) is 8.78 Å². The van der Waals surface area contributed by atoms with Gasteiger partial charge in [-0.1, -0.05) is 22.9 Å². The van der Waals surface area contributed by atoms with Crippen LogP contribution in [0.15, 0.2) is 18.2 Å². The van der Waals surface area contributed by atoms with E-state index in [0.717, 1.165) is 17.5 Å². The molecule has 1 rings (SSSR count). The van der Waals surface area contributed by atoms with Crippen molar-refractivity contribution in [2.75, 3.05) is 11.9 Å². The van der Waals surface area contributed by atoms with Gasteiger partial charge in [0.25, 0.3) is 5.91 Å². The number of benzene rings is 1. The standard InChI is InChI=1S/C11H12BrF2NO/c1-7(5-12)6-15-11(16)9-3-2-8(13)4-10(9)14/h2-4,7H,5-6H2,1H3,(H,15,16). The smallest absolute Gasteiger partial charge is 0.254 e. The summed E-state index contributed by atoms with van der Waals surface area (Å²) in [4.78, 5) is 11.5. The Kier molecular flexibility index (Phi) is 4.86. The van der Waals surface area contributed by atoms with Crippen LogP contribution in [0.2, 0.25) is 0 Å². The van der Waals surface area contributed by atoms with Gasteiger partial charge < -0.3 is 5.32 Å². The van der Waals surface area contributed by atoms with E-state index in [2.05, 4.69) is 21.2 Å². The summed E-state index contributed by atoms with van der Waals surface area (Å²) in [6.07, 6.45) is 0. The van der Waals surface area contributed by atoms with Crippen molar-refractivity contribution in [1.82, 2.24) is 5.32 Å². The van der Waals surface area contributed by atoms with E-state index in [4.69, 9.17) is 0 Å². The number of carbonyl (C=O) groups is 1. The van der Waals surface area contributed by atoms with Crippen LogP contribution in [-0.2, 0) is 0 Å². The molecule has 0 radical (unpaired) electrons. The third-order valence-electron chi connectivity index (χ3n) is 2.05. The molecule has 0 aliphatic carbocycles. The third kappa shape index (κ3) is 3.56. The lowest BCUT2D eigenvalue weighted by atomic mass is 10.1. The Labute approximate surface area is 101 Å². The molecule has 2 nitrogen and oxygen atoms in total.